The second-order valence-corrected chi connectivity index (χ2v) is 34.1. The minimum Gasteiger partial charge on any atom is -0.476 e. The van der Waals surface area contributed by atoms with E-state index in [4.69, 9.17) is 0 Å². The van der Waals surface area contributed by atoms with Gasteiger partial charge in [-0.2, -0.15) is 40.4 Å². The SMILES string of the molecule is O=C(O)C1=NN(c2ccccc2)C(=O)/C1=C\c1ccc(-c2ccc3c(c2)Sc2cc(-c4ccc(/C=C5\C(=O)N(c6ccccc6)N=C5C(=O)O)s4)ccc2N3CCCCCCN2c3ccc(-c4ccc(/C=C5\C(=O)N(c6ccccc6)N=C5C(=O)O)s4)cc3Sc3cc(-c4ccc(/C=C5\C(=O)N(c6ccccc6)N=C5C(=O)O)s4)ccc32)s1. The van der Waals surface area contributed by atoms with Crippen LogP contribution in [0.3, 0.4) is 0 Å². The molecule has 0 unspecified atom stereocenters. The number of aliphatic carboxylic acids is 4. The van der Waals surface area contributed by atoms with Gasteiger partial charge in [0.25, 0.3) is 23.6 Å². The van der Waals surface area contributed by atoms with Crippen molar-refractivity contribution in [1.29, 1.82) is 0 Å². The van der Waals surface area contributed by atoms with Crippen LogP contribution in [-0.2, 0) is 38.4 Å². The van der Waals surface area contributed by atoms with Crippen LogP contribution in [0.1, 0.15) is 45.2 Å². The van der Waals surface area contributed by atoms with Crippen LogP contribution in [0.5, 0.6) is 0 Å². The van der Waals surface area contributed by atoms with E-state index in [1.165, 1.54) is 45.3 Å². The molecule has 0 saturated carbocycles. The Labute approximate surface area is 697 Å². The molecule has 4 amide bonds. The standard InChI is InChI=1S/C90H60N10O12S6/c101-83-63(79(87(105)106)91-97(83)55-17-7-3-8-18-55)47-59-29-37-71(113-59)51-25-33-67-75(43-51)117-76-44-52(72-38-30-60(114-72)48-64-80(88(107)108)92-98(84(64)102)56-19-9-4-10-20-56)26-34-68(76)95(67)41-15-1-2-16-42-96-69-35-27-53(73-39-31-61(115-73)49-65-81(89(109)110)93-99(85(65)103)57-21-11-5-12-22-57)45-77(69)118-78-46-54(28-36-70(78)96)74-40-32-62(116-74)50-66-82(90(111)112)94-100(86(66)104)58-23-13-6-14-24-58/h3-14,17-40,43-50H,1-2,15-16,41-42H2,(H,105,106)(H,107,108)(H,109,110)(H,111,112)/b63-47-,64-48-,65-49-,66-50-. The lowest BCUT2D eigenvalue weighted by molar-refractivity contribution is -0.130. The van der Waals surface area contributed by atoms with Crippen molar-refractivity contribution in [2.24, 2.45) is 20.4 Å². The molecule has 0 radical (unpaired) electrons. The Bertz CT molecular complexity index is 5730. The van der Waals surface area contributed by atoms with Gasteiger partial charge in [0, 0.05) is 71.7 Å². The summed E-state index contributed by atoms with van der Waals surface area (Å²) < 4.78 is 0. The highest BCUT2D eigenvalue weighted by atomic mass is 32.2. The number of hydrogen-bond acceptors (Lipinski definition) is 20. The van der Waals surface area contributed by atoms with Gasteiger partial charge in [-0.3, -0.25) is 19.2 Å². The van der Waals surface area contributed by atoms with Crippen molar-refractivity contribution in [2.45, 2.75) is 45.3 Å². The van der Waals surface area contributed by atoms with E-state index in [0.29, 0.717) is 55.3 Å². The highest BCUT2D eigenvalue weighted by molar-refractivity contribution is 8.00. The summed E-state index contributed by atoms with van der Waals surface area (Å²) in [4.78, 5) is 120. The summed E-state index contributed by atoms with van der Waals surface area (Å²) in [5.41, 5.74) is 8.03. The topological polar surface area (TPSA) is 286 Å². The fourth-order valence-corrected chi connectivity index (χ4v) is 20.6. The van der Waals surface area contributed by atoms with Crippen LogP contribution in [0.15, 0.2) is 305 Å². The van der Waals surface area contributed by atoms with Gasteiger partial charge in [0.1, 0.15) is 0 Å². The van der Waals surface area contributed by atoms with Crippen LogP contribution in [0.25, 0.3) is 66.1 Å². The van der Waals surface area contributed by atoms with Crippen molar-refractivity contribution >= 4 is 209 Å². The summed E-state index contributed by atoms with van der Waals surface area (Å²) in [6.07, 6.45) is 9.73. The number of rotatable bonds is 23. The molecule has 4 aromatic heterocycles. The molecule has 0 fully saturated rings. The van der Waals surface area contributed by atoms with Gasteiger partial charge in [0.2, 0.25) is 0 Å². The molecule has 28 heteroatoms. The fourth-order valence-electron chi connectivity index (χ4n) is 14.5. The number of anilines is 8. The predicted octanol–water partition coefficient (Wildman–Crippen LogP) is 19.5. The molecule has 0 saturated heterocycles. The highest BCUT2D eigenvalue weighted by Gasteiger charge is 2.40. The Morgan fingerprint density at radius 3 is 0.737 bits per heavy atom. The molecule has 6 aliphatic heterocycles. The Morgan fingerprint density at radius 2 is 0.517 bits per heavy atom. The van der Waals surface area contributed by atoms with Crippen LogP contribution in [0.4, 0.5) is 45.5 Å². The summed E-state index contributed by atoms with van der Waals surface area (Å²) in [6, 6.07) is 75.5. The Balaban J connectivity index is 0.621. The summed E-state index contributed by atoms with van der Waals surface area (Å²) in [5.74, 6) is -7.46. The molecule has 0 spiro atoms. The van der Waals surface area contributed by atoms with E-state index in [1.54, 1.807) is 169 Å². The Morgan fingerprint density at radius 1 is 0.288 bits per heavy atom. The Kier molecular flexibility index (Phi) is 20.4. The number of hydrogen-bond donors (Lipinski definition) is 4. The van der Waals surface area contributed by atoms with Gasteiger partial charge < -0.3 is 30.2 Å². The summed E-state index contributed by atoms with van der Waals surface area (Å²) in [5, 5.41) is 62.1. The number of thiophene rings is 4. The molecule has 18 rings (SSSR count). The smallest absolute Gasteiger partial charge is 0.357 e. The van der Waals surface area contributed by atoms with Crippen LogP contribution in [0, 0.1) is 0 Å². The van der Waals surface area contributed by atoms with E-state index in [2.05, 4.69) is 103 Å². The third-order valence-electron chi connectivity index (χ3n) is 20.1. The number of carboxylic acid groups (broad SMARTS) is 4. The van der Waals surface area contributed by atoms with E-state index in [1.807, 2.05) is 48.5 Å². The number of amides is 4. The summed E-state index contributed by atoms with van der Waals surface area (Å²) >= 11 is 8.98. The van der Waals surface area contributed by atoms with Gasteiger partial charge in [-0.25, -0.2) is 19.2 Å². The number of nitrogens with zero attached hydrogens (tertiary/aromatic N) is 10. The highest BCUT2D eigenvalue weighted by Crippen LogP contribution is 2.54. The lowest BCUT2D eigenvalue weighted by atomic mass is 10.1. The molecular formula is C90H60N10O12S6. The summed E-state index contributed by atoms with van der Waals surface area (Å²) in [7, 11) is 0. The van der Waals surface area contributed by atoms with Gasteiger partial charge in [0.15, 0.2) is 22.8 Å². The molecule has 0 aliphatic carbocycles. The van der Waals surface area contributed by atoms with E-state index in [9.17, 15) is 58.8 Å². The maximum absolute atomic E-state index is 13.8. The minimum absolute atomic E-state index is 0.0283. The molecule has 4 N–H and O–H groups in total. The van der Waals surface area contributed by atoms with Crippen LogP contribution in [-0.4, -0.2) is 104 Å². The Hall–Kier alpha value is -13.7. The average Bonchev–Trinajstić information content (AvgIpc) is 1.49. The van der Waals surface area contributed by atoms with Crippen molar-refractivity contribution in [3.63, 3.8) is 0 Å². The van der Waals surface area contributed by atoms with Crippen LogP contribution in [0.2, 0.25) is 0 Å². The van der Waals surface area contributed by atoms with Gasteiger partial charge in [-0.05, 0) is 205 Å². The van der Waals surface area contributed by atoms with Crippen molar-refractivity contribution in [3.05, 3.63) is 284 Å². The van der Waals surface area contributed by atoms with Gasteiger partial charge in [0.05, 0.1) is 67.8 Å². The zero-order chi connectivity index (χ0) is 81.0. The minimum atomic E-state index is -1.32. The molecule has 578 valence electrons. The zero-order valence-corrected chi connectivity index (χ0v) is 66.5. The monoisotopic (exact) mass is 1660 g/mol. The molecule has 10 heterocycles. The van der Waals surface area contributed by atoms with Crippen LogP contribution < -0.4 is 29.8 Å². The normalized spacial score (nSPS) is 16.3. The molecule has 6 aliphatic rings. The van der Waals surface area contributed by atoms with Gasteiger partial charge >= 0.3 is 23.9 Å². The van der Waals surface area contributed by atoms with Gasteiger partial charge in [-0.15, -0.1) is 45.3 Å². The van der Waals surface area contributed by atoms with E-state index in [0.717, 1.165) is 130 Å². The quantitative estimate of drug-likeness (QED) is 0.0342. The first-order chi connectivity index (χ1) is 57.4. The first-order valence-electron chi connectivity index (χ1n) is 37.0. The first kappa shape index (κ1) is 75.6. The fraction of sp³-hybridized carbons (Fsp3) is 0.0667. The number of unbranched alkanes of at least 4 members (excludes halogenated alkanes) is 3. The van der Waals surface area contributed by atoms with Crippen molar-refractivity contribution in [2.75, 3.05) is 42.9 Å². The second kappa shape index (κ2) is 31.8. The number of benzene rings is 8. The van der Waals surface area contributed by atoms with Crippen molar-refractivity contribution in [3.8, 4) is 41.8 Å². The number of para-hydroxylation sites is 4. The van der Waals surface area contributed by atoms with Crippen molar-refractivity contribution in [1.82, 2.24) is 0 Å². The molecule has 118 heavy (non-hydrogen) atoms. The number of carbonyl (C=O) groups is 8. The van der Waals surface area contributed by atoms with E-state index in [-0.39, 0.29) is 45.1 Å². The van der Waals surface area contributed by atoms with Crippen LogP contribution >= 0.6 is 68.9 Å². The van der Waals surface area contributed by atoms with Gasteiger partial charge in [-0.1, -0.05) is 133 Å². The molecule has 0 bridgehead atoms. The average molecular weight is 1670 g/mol. The molecule has 22 nitrogen and oxygen atoms in total. The predicted molar refractivity (Wildman–Crippen MR) is 468 cm³/mol. The number of carboxylic acids is 4. The number of carbonyl (C=O) groups excluding carboxylic acids is 4. The van der Waals surface area contributed by atoms with E-state index >= 15 is 0 Å². The lowest BCUT2D eigenvalue weighted by Crippen LogP contribution is -2.23. The molecule has 0 atom stereocenters. The lowest BCUT2D eigenvalue weighted by Gasteiger charge is -2.34. The maximum atomic E-state index is 13.8. The number of hydrazone groups is 4. The van der Waals surface area contributed by atoms with E-state index < -0.39 is 47.5 Å². The molecule has 8 aromatic carbocycles. The third-order valence-corrected chi connectivity index (χ3v) is 26.6. The largest absolute Gasteiger partial charge is 0.476 e. The third kappa shape index (κ3) is 14.7. The molecular weight excluding hydrogens is 1610 g/mol. The zero-order valence-electron chi connectivity index (χ0n) is 61.6. The molecule has 12 aromatic rings. The first-order valence-corrected chi connectivity index (χ1v) is 41.9. The number of fused-ring (bicyclic) bond motifs is 4. The van der Waals surface area contributed by atoms with Crippen molar-refractivity contribution < 1.29 is 58.8 Å². The second-order valence-electron chi connectivity index (χ2n) is 27.5. The summed E-state index contributed by atoms with van der Waals surface area (Å²) in [6.45, 7) is 1.34. The maximum Gasteiger partial charge on any atom is 0.357 e.